The molecule has 0 spiro atoms. The van der Waals surface area contributed by atoms with E-state index in [0.29, 0.717) is 11.7 Å². The number of benzene rings is 1. The molecule has 2 aromatic rings. The highest BCUT2D eigenvalue weighted by molar-refractivity contribution is 5.49. The Bertz CT molecular complexity index is 584. The number of aryl methyl sites for hydroxylation is 2. The molecular formula is C14H18N4O. The largest absolute Gasteiger partial charge is 0.438 e. The van der Waals surface area contributed by atoms with E-state index < -0.39 is 0 Å². The van der Waals surface area contributed by atoms with Gasteiger partial charge in [0.15, 0.2) is 0 Å². The van der Waals surface area contributed by atoms with Crippen molar-refractivity contribution in [3.05, 3.63) is 41.2 Å². The third kappa shape index (κ3) is 2.82. The molecular weight excluding hydrogens is 240 g/mol. The van der Waals surface area contributed by atoms with Crippen LogP contribution in [-0.4, -0.2) is 9.97 Å². The fourth-order valence-electron chi connectivity index (χ4n) is 1.95. The summed E-state index contributed by atoms with van der Waals surface area (Å²) >= 11 is 0. The van der Waals surface area contributed by atoms with Gasteiger partial charge in [-0.25, -0.2) is 15.8 Å². The summed E-state index contributed by atoms with van der Waals surface area (Å²) in [6.07, 6.45) is 2.17. The Hall–Kier alpha value is -2.14. The van der Waals surface area contributed by atoms with E-state index in [9.17, 15) is 0 Å². The number of nitrogens with two attached hydrogens (primary N) is 1. The van der Waals surface area contributed by atoms with Gasteiger partial charge >= 0.3 is 0 Å². The van der Waals surface area contributed by atoms with Crippen LogP contribution in [0.1, 0.15) is 23.6 Å². The van der Waals surface area contributed by atoms with Gasteiger partial charge in [0.05, 0.1) is 5.56 Å². The Kier molecular flexibility index (Phi) is 3.97. The minimum atomic E-state index is 0.539. The number of nitrogens with zero attached hydrogens (tertiary/aromatic N) is 2. The Morgan fingerprint density at radius 1 is 1.26 bits per heavy atom. The summed E-state index contributed by atoms with van der Waals surface area (Å²) in [7, 11) is 0. The SMILES string of the molecule is CCc1c(NN)ncnc1Oc1ccc(C)cc1C. The average molecular weight is 258 g/mol. The third-order valence-electron chi connectivity index (χ3n) is 2.93. The number of rotatable bonds is 4. The molecule has 0 aliphatic rings. The number of hydrazine groups is 1. The molecule has 0 bridgehead atoms. The number of hydrogen-bond donors (Lipinski definition) is 2. The molecule has 3 N–H and O–H groups in total. The van der Waals surface area contributed by atoms with Crippen LogP contribution in [0.2, 0.25) is 0 Å². The summed E-state index contributed by atoms with van der Waals surface area (Å²) in [6, 6.07) is 6.03. The van der Waals surface area contributed by atoms with Crippen LogP contribution < -0.4 is 16.0 Å². The number of ether oxygens (including phenoxy) is 1. The molecule has 5 heteroatoms. The van der Waals surface area contributed by atoms with Crippen LogP contribution in [0, 0.1) is 13.8 Å². The van der Waals surface area contributed by atoms with E-state index in [2.05, 4.69) is 28.4 Å². The third-order valence-corrected chi connectivity index (χ3v) is 2.93. The molecule has 1 aromatic heterocycles. The molecule has 0 radical (unpaired) electrons. The van der Waals surface area contributed by atoms with Gasteiger partial charge in [0, 0.05) is 0 Å². The van der Waals surface area contributed by atoms with Crippen LogP contribution in [0.5, 0.6) is 11.6 Å². The molecule has 0 amide bonds. The second kappa shape index (κ2) is 5.67. The summed E-state index contributed by atoms with van der Waals surface area (Å²) in [4.78, 5) is 8.27. The topological polar surface area (TPSA) is 73.1 Å². The van der Waals surface area contributed by atoms with Crippen molar-refractivity contribution in [2.24, 2.45) is 5.84 Å². The smallest absolute Gasteiger partial charge is 0.227 e. The minimum Gasteiger partial charge on any atom is -0.438 e. The molecule has 0 aliphatic heterocycles. The fraction of sp³-hybridized carbons (Fsp3) is 0.286. The summed E-state index contributed by atoms with van der Waals surface area (Å²) < 4.78 is 5.88. The predicted octanol–water partition coefficient (Wildman–Crippen LogP) is 2.73. The molecule has 0 saturated heterocycles. The number of nitrogens with one attached hydrogen (secondary N) is 1. The molecule has 0 saturated carbocycles. The van der Waals surface area contributed by atoms with Gasteiger partial charge in [-0.1, -0.05) is 24.6 Å². The number of anilines is 1. The van der Waals surface area contributed by atoms with E-state index in [4.69, 9.17) is 10.6 Å². The molecule has 19 heavy (non-hydrogen) atoms. The van der Waals surface area contributed by atoms with Crippen molar-refractivity contribution in [3.63, 3.8) is 0 Å². The Morgan fingerprint density at radius 3 is 2.68 bits per heavy atom. The summed E-state index contributed by atoms with van der Waals surface area (Å²) in [5.74, 6) is 7.37. The lowest BCUT2D eigenvalue weighted by atomic mass is 10.1. The highest BCUT2D eigenvalue weighted by Crippen LogP contribution is 2.29. The molecule has 2 rings (SSSR count). The first-order valence-corrected chi connectivity index (χ1v) is 6.21. The van der Waals surface area contributed by atoms with Crippen molar-refractivity contribution in [3.8, 4) is 11.6 Å². The van der Waals surface area contributed by atoms with Gasteiger partial charge in [0.2, 0.25) is 5.88 Å². The standard InChI is InChI=1S/C14H18N4O/c1-4-11-13(18-15)16-8-17-14(11)19-12-6-5-9(2)7-10(12)3/h5-8H,4,15H2,1-3H3,(H,16,17,18). The average Bonchev–Trinajstić information content (AvgIpc) is 2.41. The molecule has 5 nitrogen and oxygen atoms in total. The maximum absolute atomic E-state index is 5.88. The molecule has 0 fully saturated rings. The van der Waals surface area contributed by atoms with Crippen molar-refractivity contribution in [2.75, 3.05) is 5.43 Å². The van der Waals surface area contributed by atoms with Crippen molar-refractivity contribution in [2.45, 2.75) is 27.2 Å². The predicted molar refractivity (Wildman–Crippen MR) is 75.2 cm³/mol. The lowest BCUT2D eigenvalue weighted by Gasteiger charge is -2.13. The van der Waals surface area contributed by atoms with Crippen LogP contribution in [0.15, 0.2) is 24.5 Å². The number of aromatic nitrogens is 2. The lowest BCUT2D eigenvalue weighted by Crippen LogP contribution is -2.12. The van der Waals surface area contributed by atoms with Crippen LogP contribution in [-0.2, 0) is 6.42 Å². The first kappa shape index (κ1) is 13.3. The van der Waals surface area contributed by atoms with Crippen LogP contribution in [0.3, 0.4) is 0 Å². The van der Waals surface area contributed by atoms with Gasteiger partial charge in [-0.2, -0.15) is 0 Å². The van der Waals surface area contributed by atoms with E-state index in [0.717, 1.165) is 23.3 Å². The van der Waals surface area contributed by atoms with Crippen LogP contribution >= 0.6 is 0 Å². The minimum absolute atomic E-state index is 0.539. The summed E-state index contributed by atoms with van der Waals surface area (Å²) in [5, 5.41) is 0. The quantitative estimate of drug-likeness (QED) is 0.651. The van der Waals surface area contributed by atoms with Crippen LogP contribution in [0.25, 0.3) is 0 Å². The van der Waals surface area contributed by atoms with Gasteiger partial charge < -0.3 is 10.2 Å². The highest BCUT2D eigenvalue weighted by Gasteiger charge is 2.12. The van der Waals surface area contributed by atoms with Crippen molar-refractivity contribution in [1.29, 1.82) is 0 Å². The first-order chi connectivity index (χ1) is 9.15. The summed E-state index contributed by atoms with van der Waals surface area (Å²) in [6.45, 7) is 6.07. The molecule has 0 atom stereocenters. The van der Waals surface area contributed by atoms with E-state index in [1.54, 1.807) is 0 Å². The van der Waals surface area contributed by atoms with Crippen molar-refractivity contribution < 1.29 is 4.74 Å². The lowest BCUT2D eigenvalue weighted by molar-refractivity contribution is 0.452. The second-order valence-corrected chi connectivity index (χ2v) is 4.37. The number of nitrogen functional groups attached to an aromatic ring is 1. The zero-order valence-electron chi connectivity index (χ0n) is 11.4. The Morgan fingerprint density at radius 2 is 2.05 bits per heavy atom. The van der Waals surface area contributed by atoms with Gasteiger partial charge in [0.25, 0.3) is 0 Å². The van der Waals surface area contributed by atoms with Gasteiger partial charge in [0.1, 0.15) is 17.9 Å². The van der Waals surface area contributed by atoms with E-state index >= 15 is 0 Å². The molecule has 0 aliphatic carbocycles. The van der Waals surface area contributed by atoms with Gasteiger partial charge in [-0.15, -0.1) is 0 Å². The molecule has 1 heterocycles. The van der Waals surface area contributed by atoms with E-state index in [1.807, 2.05) is 26.0 Å². The molecule has 0 unspecified atom stereocenters. The van der Waals surface area contributed by atoms with Crippen molar-refractivity contribution >= 4 is 5.82 Å². The highest BCUT2D eigenvalue weighted by atomic mass is 16.5. The fourth-order valence-corrected chi connectivity index (χ4v) is 1.95. The maximum atomic E-state index is 5.88. The zero-order chi connectivity index (χ0) is 13.8. The zero-order valence-corrected chi connectivity index (χ0v) is 11.4. The Balaban J connectivity index is 2.37. The normalized spacial score (nSPS) is 10.3. The second-order valence-electron chi connectivity index (χ2n) is 4.37. The Labute approximate surface area is 112 Å². The monoisotopic (exact) mass is 258 g/mol. The van der Waals surface area contributed by atoms with Crippen molar-refractivity contribution in [1.82, 2.24) is 9.97 Å². The van der Waals surface area contributed by atoms with E-state index in [1.165, 1.54) is 11.9 Å². The summed E-state index contributed by atoms with van der Waals surface area (Å²) in [5.41, 5.74) is 5.70. The van der Waals surface area contributed by atoms with E-state index in [-0.39, 0.29) is 0 Å². The first-order valence-electron chi connectivity index (χ1n) is 6.21. The van der Waals surface area contributed by atoms with Crippen LogP contribution in [0.4, 0.5) is 5.82 Å². The maximum Gasteiger partial charge on any atom is 0.227 e. The van der Waals surface area contributed by atoms with Gasteiger partial charge in [-0.3, -0.25) is 0 Å². The molecule has 100 valence electrons. The molecule has 1 aromatic carbocycles. The van der Waals surface area contributed by atoms with Gasteiger partial charge in [-0.05, 0) is 31.9 Å². The number of hydrogen-bond acceptors (Lipinski definition) is 5.